The van der Waals surface area contributed by atoms with Crippen molar-refractivity contribution in [2.24, 2.45) is 0 Å². The number of aliphatic hydroxyl groups excluding tert-OH is 9. The lowest BCUT2D eigenvalue weighted by atomic mass is 9.93. The second-order valence-electron chi connectivity index (χ2n) is 19.0. The smallest absolute Gasteiger partial charge is 0.397 e. The van der Waals surface area contributed by atoms with Gasteiger partial charge in [-0.15, -0.1) is 11.8 Å². The lowest BCUT2D eigenvalue weighted by Crippen LogP contribution is -2.71. The van der Waals surface area contributed by atoms with Crippen LogP contribution in [0.4, 0.5) is 0 Å². The molecular weight excluding hydrogens is 1060 g/mol. The lowest BCUT2D eigenvalue weighted by Gasteiger charge is -2.51. The van der Waals surface area contributed by atoms with Crippen molar-refractivity contribution in [1.29, 1.82) is 0 Å². The highest BCUT2D eigenvalue weighted by molar-refractivity contribution is 7.80. The summed E-state index contributed by atoms with van der Waals surface area (Å²) < 4.78 is 83.8. The summed E-state index contributed by atoms with van der Waals surface area (Å²) in [5.41, 5.74) is 0.0447. The topological polar surface area (TPSA) is 436 Å². The molecule has 4 amide bonds. The third-order valence-corrected chi connectivity index (χ3v) is 13.5. The molecule has 4 aliphatic heterocycles. The van der Waals surface area contributed by atoms with Crippen molar-refractivity contribution in [1.82, 2.24) is 21.3 Å². The molecule has 14 N–H and O–H groups in total. The number of carbonyl (C=O) groups excluding carboxylic acids is 4. The van der Waals surface area contributed by atoms with E-state index >= 15 is 0 Å². The molecule has 4 fully saturated rings. The zero-order valence-corrected chi connectivity index (χ0v) is 44.2. The van der Waals surface area contributed by atoms with Crippen molar-refractivity contribution in [3.05, 3.63) is 29.8 Å². The summed E-state index contributed by atoms with van der Waals surface area (Å²) in [6.45, 7) is 1.51. The summed E-state index contributed by atoms with van der Waals surface area (Å²) in [6.07, 6.45) is -23.1. The first kappa shape index (κ1) is 64.5. The van der Waals surface area contributed by atoms with Crippen molar-refractivity contribution >= 4 is 34.0 Å². The third-order valence-electron chi connectivity index (χ3n) is 13.0. The van der Waals surface area contributed by atoms with Gasteiger partial charge in [0, 0.05) is 39.2 Å². The molecule has 1 aromatic carbocycles. The fraction of sp³-hybridized carbons (Fsp3) is 0.750. The fourth-order valence-electron chi connectivity index (χ4n) is 9.21. The molecule has 8 unspecified atom stereocenters. The fourth-order valence-corrected chi connectivity index (χ4v) is 9.51. The van der Waals surface area contributed by atoms with Crippen LogP contribution in [0.2, 0.25) is 0 Å². The van der Waals surface area contributed by atoms with Gasteiger partial charge >= 0.3 is 10.4 Å². The van der Waals surface area contributed by atoms with Gasteiger partial charge in [-0.2, -0.15) is 8.42 Å². The van der Waals surface area contributed by atoms with Crippen LogP contribution in [0.3, 0.4) is 0 Å². The molecule has 1 aromatic rings. The van der Waals surface area contributed by atoms with Crippen LogP contribution in [0.25, 0.3) is 0 Å². The molecule has 30 heteroatoms. The van der Waals surface area contributed by atoms with Crippen LogP contribution < -0.4 is 26.0 Å². The zero-order valence-electron chi connectivity index (χ0n) is 43.3. The van der Waals surface area contributed by atoms with Crippen LogP contribution in [0.1, 0.15) is 83.0 Å². The number of ether oxygens (including phenoxy) is 8. The summed E-state index contributed by atoms with van der Waals surface area (Å²) in [7, 11) is -5.16. The van der Waals surface area contributed by atoms with Gasteiger partial charge in [0.05, 0.1) is 33.0 Å². The van der Waals surface area contributed by atoms with Gasteiger partial charge in [-0.05, 0) is 31.0 Å². The number of rotatable bonds is 25. The second kappa shape index (κ2) is 30.5. The van der Waals surface area contributed by atoms with Crippen LogP contribution in [-0.2, 0) is 62.1 Å². The van der Waals surface area contributed by atoms with Gasteiger partial charge in [0.25, 0.3) is 5.91 Å². The van der Waals surface area contributed by atoms with Crippen LogP contribution in [0, 0.1) is 11.8 Å². The molecule has 4 saturated heterocycles. The highest BCUT2D eigenvalue weighted by Crippen LogP contribution is 2.35. The predicted molar refractivity (Wildman–Crippen MR) is 262 cm³/mol. The Balaban J connectivity index is 1.35. The first-order valence-corrected chi connectivity index (χ1v) is 26.8. The molecule has 5 rings (SSSR count). The van der Waals surface area contributed by atoms with E-state index in [0.717, 1.165) is 46.5 Å². The Bertz CT molecular complexity index is 2280. The number of aliphatic hydroxyl groups is 9. The summed E-state index contributed by atoms with van der Waals surface area (Å²) in [4.78, 5) is 51.1. The van der Waals surface area contributed by atoms with E-state index in [4.69, 9.17) is 37.9 Å². The van der Waals surface area contributed by atoms with Crippen LogP contribution >= 0.6 is 0 Å². The van der Waals surface area contributed by atoms with E-state index < -0.39 is 183 Å². The Morgan fingerprint density at radius 3 is 1.56 bits per heavy atom. The Morgan fingerprint density at radius 1 is 0.590 bits per heavy atom. The van der Waals surface area contributed by atoms with E-state index in [1.54, 1.807) is 12.1 Å². The number of unbranched alkanes of at least 4 members (excludes halogenated alkanes) is 5. The van der Waals surface area contributed by atoms with Gasteiger partial charge in [0.1, 0.15) is 103 Å². The van der Waals surface area contributed by atoms with Crippen molar-refractivity contribution < 1.29 is 120 Å². The molecule has 0 saturated carbocycles. The van der Waals surface area contributed by atoms with Gasteiger partial charge in [-0.3, -0.25) is 23.7 Å². The van der Waals surface area contributed by atoms with Gasteiger partial charge in [0.2, 0.25) is 17.7 Å². The van der Waals surface area contributed by atoms with Crippen molar-refractivity contribution in [3.8, 4) is 17.6 Å². The SMILES string of the molecule is CCCCCCC#CCCCOc1cccc(C(=O)NC2[C@H](O[C@H]3C(O)C(NC(C)=O)[C@H](OC4C(CO)O[C@@H](O[C@H]5C(O)C(NC(C)=O)[C@H](O)O[C@H]5COS(=O)(=O)O)[C@@H](NC(C)=O)[C@H]4O)O[C@H]3CO)OC(CO)[C@@H](O)[C@@H]2O)c1. The molecule has 0 aliphatic carbocycles. The lowest BCUT2D eigenvalue weighted by molar-refractivity contribution is -0.361. The molecular formula is C48H74N4O25S. The van der Waals surface area contributed by atoms with E-state index in [-0.39, 0.29) is 5.56 Å². The largest absolute Gasteiger partial charge is 0.494 e. The number of benzene rings is 1. The van der Waals surface area contributed by atoms with Crippen molar-refractivity contribution in [3.63, 3.8) is 0 Å². The average Bonchev–Trinajstić information content (AvgIpc) is 3.47. The molecule has 0 spiro atoms. The molecule has 4 heterocycles. The number of amides is 4. The maximum absolute atomic E-state index is 13.8. The minimum atomic E-state index is -5.16. The van der Waals surface area contributed by atoms with Gasteiger partial charge in [0.15, 0.2) is 25.2 Å². The first-order chi connectivity index (χ1) is 37.0. The van der Waals surface area contributed by atoms with E-state index in [9.17, 15) is 78.1 Å². The Morgan fingerprint density at radius 2 is 1.06 bits per heavy atom. The van der Waals surface area contributed by atoms with Crippen LogP contribution in [0.5, 0.6) is 5.75 Å². The average molecular weight is 1140 g/mol. The first-order valence-electron chi connectivity index (χ1n) is 25.4. The van der Waals surface area contributed by atoms with E-state index in [0.29, 0.717) is 25.2 Å². The molecule has 4 aliphatic rings. The third kappa shape index (κ3) is 17.8. The number of carbonyl (C=O) groups is 4. The zero-order chi connectivity index (χ0) is 57.4. The van der Waals surface area contributed by atoms with E-state index in [1.165, 1.54) is 18.6 Å². The van der Waals surface area contributed by atoms with Crippen LogP contribution in [0.15, 0.2) is 24.3 Å². The summed E-state index contributed by atoms with van der Waals surface area (Å²) >= 11 is 0. The molecule has 78 heavy (non-hydrogen) atoms. The van der Waals surface area contributed by atoms with Gasteiger partial charge in [-0.1, -0.05) is 32.3 Å². The monoisotopic (exact) mass is 1140 g/mol. The number of nitrogens with one attached hydrogen (secondary N) is 4. The van der Waals surface area contributed by atoms with Gasteiger partial charge < -0.3 is 105 Å². The van der Waals surface area contributed by atoms with E-state index in [2.05, 4.69) is 44.2 Å². The summed E-state index contributed by atoms with van der Waals surface area (Å²) in [6, 6.07) is -0.745. The Hall–Kier alpha value is -4.31. The summed E-state index contributed by atoms with van der Waals surface area (Å²) in [5.74, 6) is 3.39. The summed E-state index contributed by atoms with van der Waals surface area (Å²) in [5, 5.41) is 109. The predicted octanol–water partition coefficient (Wildman–Crippen LogP) is -4.92. The second-order valence-corrected chi connectivity index (χ2v) is 20.1. The molecule has 0 aromatic heterocycles. The molecule has 29 nitrogen and oxygen atoms in total. The number of hydrogen-bond acceptors (Lipinski definition) is 24. The van der Waals surface area contributed by atoms with E-state index in [1.807, 2.05) is 0 Å². The highest BCUT2D eigenvalue weighted by atomic mass is 32.3. The Labute approximate surface area is 450 Å². The molecule has 0 radical (unpaired) electrons. The molecule has 0 bridgehead atoms. The minimum Gasteiger partial charge on any atom is -0.494 e. The minimum absolute atomic E-state index is 0.0447. The Kier molecular flexibility index (Phi) is 25.2. The maximum atomic E-state index is 13.8. The highest BCUT2D eigenvalue weighted by Gasteiger charge is 2.56. The quantitative estimate of drug-likeness (QED) is 0.0248. The molecule has 20 atom stereocenters. The normalized spacial score (nSPS) is 35.1. The van der Waals surface area contributed by atoms with Crippen molar-refractivity contribution in [2.45, 2.75) is 195 Å². The number of hydrogen-bond donors (Lipinski definition) is 14. The molecule has 442 valence electrons. The van der Waals surface area contributed by atoms with Gasteiger partial charge in [-0.25, -0.2) is 4.18 Å². The standard InChI is InChI=1S/C48H74N4O25S/c1-5-6-7-8-9-10-11-12-13-17-69-27-16-14-15-26(18-27)44(64)52-33-37(60)36(59)28(19-53)72-46(33)75-41-29(20-54)73-47(34(39(41)62)50-24(3)57)76-42-30(21-55)74-48(35(40(42)63)51-25(4)58)77-43-31(22-70-78(66,67)68)71-45(65)32(38(43)61)49-23(2)56/h14-16,18,28-43,45-48,53-55,59-63,65H,5-9,12-13,17,19-22H2,1-4H3,(H,49,56)(H,50,57)(H,51,58)(H,52,64)(H,66,67,68)/t28?,29-,30?,31-,32?,33?,34?,35-,36+,37+,38?,39?,40+,41+,42?,43+,45+,46-,47-,48-/m0/s1. The van der Waals surface area contributed by atoms with Crippen LogP contribution in [-0.4, -0.2) is 238 Å². The maximum Gasteiger partial charge on any atom is 0.397 e. The van der Waals surface area contributed by atoms with Crippen molar-refractivity contribution in [2.75, 3.05) is 33.0 Å².